The van der Waals surface area contributed by atoms with Gasteiger partial charge in [0.1, 0.15) is 0 Å². The predicted molar refractivity (Wildman–Crippen MR) is 86.7 cm³/mol. The second-order valence-corrected chi connectivity index (χ2v) is 7.69. The zero-order valence-corrected chi connectivity index (χ0v) is 14.6. The van der Waals surface area contributed by atoms with Gasteiger partial charge in [-0.1, -0.05) is 28.4 Å². The number of nitrogens with two attached hydrogens (primary N) is 1. The largest absolute Gasteiger partial charge is 0.329 e. The molecule has 1 heterocycles. The number of sulfonamides is 1. The number of piperidine rings is 1. The monoisotopic (exact) mass is 382 g/mol. The highest BCUT2D eigenvalue weighted by Gasteiger charge is 2.33. The molecule has 0 aromatic heterocycles. The van der Waals surface area contributed by atoms with E-state index in [2.05, 4.69) is 15.9 Å². The Bertz CT molecular complexity index is 565. The van der Waals surface area contributed by atoms with E-state index in [0.717, 1.165) is 29.3 Å². The first-order valence-corrected chi connectivity index (χ1v) is 8.68. The van der Waals surface area contributed by atoms with Gasteiger partial charge in [-0.25, -0.2) is 8.42 Å². The molecule has 114 valence electrons. The molecule has 0 aliphatic carbocycles. The summed E-state index contributed by atoms with van der Waals surface area (Å²) in [5, 5.41) is 0. The smallest absolute Gasteiger partial charge is 0.243 e. The molecule has 1 fully saturated rings. The van der Waals surface area contributed by atoms with Gasteiger partial charge in [-0.2, -0.15) is 4.31 Å². The van der Waals surface area contributed by atoms with Crippen LogP contribution < -0.4 is 5.73 Å². The third-order valence-corrected chi connectivity index (χ3v) is 6.17. The highest BCUT2D eigenvalue weighted by Crippen LogP contribution is 2.28. The quantitative estimate of drug-likeness (QED) is 0.873. The fourth-order valence-corrected chi connectivity index (χ4v) is 4.97. The van der Waals surface area contributed by atoms with Gasteiger partial charge in [-0.3, -0.25) is 0 Å². The number of nitrogens with zero attached hydrogens (tertiary/aromatic N) is 1. The van der Waals surface area contributed by atoms with E-state index < -0.39 is 10.0 Å². The van der Waals surface area contributed by atoms with Crippen LogP contribution in [0.3, 0.4) is 0 Å². The molecular weight excluding hydrogens is 364 g/mol. The van der Waals surface area contributed by atoms with Crippen LogP contribution in [0.4, 0.5) is 0 Å². The lowest BCUT2D eigenvalue weighted by atomic mass is 10.1. The molecule has 1 saturated heterocycles. The van der Waals surface area contributed by atoms with Crippen LogP contribution in [0, 0.1) is 6.92 Å². The summed E-state index contributed by atoms with van der Waals surface area (Å²) in [5.74, 6) is 0. The van der Waals surface area contributed by atoms with Crippen molar-refractivity contribution in [1.82, 2.24) is 4.31 Å². The fraction of sp³-hybridized carbons (Fsp3) is 0.538. The number of rotatable bonds is 3. The lowest BCUT2D eigenvalue weighted by Crippen LogP contribution is -2.47. The van der Waals surface area contributed by atoms with Gasteiger partial charge in [-0.15, -0.1) is 12.4 Å². The highest BCUT2D eigenvalue weighted by atomic mass is 79.9. The van der Waals surface area contributed by atoms with E-state index in [9.17, 15) is 8.42 Å². The molecule has 20 heavy (non-hydrogen) atoms. The van der Waals surface area contributed by atoms with Gasteiger partial charge in [0, 0.05) is 23.6 Å². The van der Waals surface area contributed by atoms with E-state index in [4.69, 9.17) is 5.73 Å². The first kappa shape index (κ1) is 17.9. The SMILES string of the molecule is Cc1ccc(Br)cc1S(=O)(=O)N1CCCCC1CN.Cl. The summed E-state index contributed by atoms with van der Waals surface area (Å²) >= 11 is 3.34. The molecule has 4 nitrogen and oxygen atoms in total. The molecule has 0 bridgehead atoms. The van der Waals surface area contributed by atoms with Crippen LogP contribution in [0.2, 0.25) is 0 Å². The second-order valence-electron chi connectivity index (χ2n) is 4.91. The van der Waals surface area contributed by atoms with Crippen molar-refractivity contribution in [2.45, 2.75) is 37.1 Å². The van der Waals surface area contributed by atoms with Crippen LogP contribution in [-0.4, -0.2) is 31.9 Å². The van der Waals surface area contributed by atoms with Gasteiger partial charge >= 0.3 is 0 Å². The summed E-state index contributed by atoms with van der Waals surface area (Å²) in [6, 6.07) is 5.27. The molecule has 0 amide bonds. The normalized spacial score (nSPS) is 20.4. The average molecular weight is 384 g/mol. The minimum atomic E-state index is -3.45. The van der Waals surface area contributed by atoms with Gasteiger partial charge in [-0.05, 0) is 37.5 Å². The Labute approximate surface area is 135 Å². The van der Waals surface area contributed by atoms with E-state index in [1.165, 1.54) is 0 Å². The molecular formula is C13H20BrClN2O2S. The maximum Gasteiger partial charge on any atom is 0.243 e. The number of hydrogen-bond donors (Lipinski definition) is 1. The van der Waals surface area contributed by atoms with E-state index in [1.807, 2.05) is 19.1 Å². The van der Waals surface area contributed by atoms with Crippen molar-refractivity contribution in [3.63, 3.8) is 0 Å². The molecule has 2 rings (SSSR count). The van der Waals surface area contributed by atoms with Gasteiger partial charge in [0.25, 0.3) is 0 Å². The maximum atomic E-state index is 12.8. The molecule has 0 spiro atoms. The van der Waals surface area contributed by atoms with Gasteiger partial charge in [0.15, 0.2) is 0 Å². The van der Waals surface area contributed by atoms with Gasteiger partial charge in [0.2, 0.25) is 10.0 Å². The molecule has 1 aromatic rings. The standard InChI is InChI=1S/C13H19BrN2O2S.ClH/c1-10-5-6-11(14)8-13(10)19(17,18)16-7-3-2-4-12(16)9-15;/h5-6,8,12H,2-4,7,9,15H2,1H3;1H. The Balaban J connectivity index is 0.00000200. The average Bonchev–Trinajstić information content (AvgIpc) is 2.41. The summed E-state index contributed by atoms with van der Waals surface area (Å²) < 4.78 is 27.9. The third-order valence-electron chi connectivity index (χ3n) is 3.58. The molecule has 0 saturated carbocycles. The van der Waals surface area contributed by atoms with Crippen LogP contribution in [-0.2, 0) is 10.0 Å². The number of halogens is 2. The molecule has 1 aliphatic heterocycles. The minimum Gasteiger partial charge on any atom is -0.329 e. The topological polar surface area (TPSA) is 63.4 Å². The lowest BCUT2D eigenvalue weighted by molar-refractivity contribution is 0.257. The summed E-state index contributed by atoms with van der Waals surface area (Å²) in [6.45, 7) is 2.77. The predicted octanol–water partition coefficient (Wildman–Crippen LogP) is 2.68. The van der Waals surface area contributed by atoms with Crippen LogP contribution in [0.1, 0.15) is 24.8 Å². The zero-order valence-electron chi connectivity index (χ0n) is 11.4. The molecule has 1 aromatic carbocycles. The fourth-order valence-electron chi connectivity index (χ4n) is 2.50. The molecule has 2 N–H and O–H groups in total. The number of benzene rings is 1. The van der Waals surface area contributed by atoms with Crippen molar-refractivity contribution in [2.24, 2.45) is 5.73 Å². The van der Waals surface area contributed by atoms with Crippen LogP contribution in [0.15, 0.2) is 27.6 Å². The van der Waals surface area contributed by atoms with E-state index in [0.29, 0.717) is 18.0 Å². The summed E-state index contributed by atoms with van der Waals surface area (Å²) in [4.78, 5) is 0.377. The highest BCUT2D eigenvalue weighted by molar-refractivity contribution is 9.10. The maximum absolute atomic E-state index is 12.8. The Morgan fingerprint density at radius 3 is 2.75 bits per heavy atom. The van der Waals surface area contributed by atoms with Crippen molar-refractivity contribution in [3.05, 3.63) is 28.2 Å². The van der Waals surface area contributed by atoms with Crippen LogP contribution in [0.25, 0.3) is 0 Å². The van der Waals surface area contributed by atoms with E-state index >= 15 is 0 Å². The van der Waals surface area contributed by atoms with E-state index in [1.54, 1.807) is 10.4 Å². The van der Waals surface area contributed by atoms with Crippen molar-refractivity contribution >= 4 is 38.4 Å². The molecule has 0 radical (unpaired) electrons. The van der Waals surface area contributed by atoms with Crippen molar-refractivity contribution < 1.29 is 8.42 Å². The Morgan fingerprint density at radius 2 is 2.10 bits per heavy atom. The van der Waals surface area contributed by atoms with Crippen LogP contribution >= 0.6 is 28.3 Å². The van der Waals surface area contributed by atoms with Crippen molar-refractivity contribution in [3.8, 4) is 0 Å². The van der Waals surface area contributed by atoms with E-state index in [-0.39, 0.29) is 18.4 Å². The molecule has 1 aliphatic rings. The Hall–Kier alpha value is -0.140. The molecule has 1 unspecified atom stereocenters. The van der Waals surface area contributed by atoms with Gasteiger partial charge < -0.3 is 5.73 Å². The minimum absolute atomic E-state index is 0. The van der Waals surface area contributed by atoms with Crippen molar-refractivity contribution in [1.29, 1.82) is 0 Å². The number of aryl methyl sites for hydroxylation is 1. The summed E-state index contributed by atoms with van der Waals surface area (Å²) in [7, 11) is -3.45. The van der Waals surface area contributed by atoms with Crippen LogP contribution in [0.5, 0.6) is 0 Å². The molecule has 7 heteroatoms. The zero-order chi connectivity index (χ0) is 14.0. The first-order chi connectivity index (χ1) is 8.96. The van der Waals surface area contributed by atoms with Crippen molar-refractivity contribution in [2.75, 3.05) is 13.1 Å². The van der Waals surface area contributed by atoms with Gasteiger partial charge in [0.05, 0.1) is 4.90 Å². The summed E-state index contributed by atoms with van der Waals surface area (Å²) in [6.07, 6.45) is 2.80. The molecule has 1 atom stereocenters. The first-order valence-electron chi connectivity index (χ1n) is 6.45. The second kappa shape index (κ2) is 7.22. The number of hydrogen-bond acceptors (Lipinski definition) is 3. The Morgan fingerprint density at radius 1 is 1.40 bits per heavy atom. The summed E-state index contributed by atoms with van der Waals surface area (Å²) in [5.41, 5.74) is 6.49. The Kier molecular flexibility index (Phi) is 6.47. The lowest BCUT2D eigenvalue weighted by Gasteiger charge is -2.34. The third kappa shape index (κ3) is 3.54.